The summed E-state index contributed by atoms with van der Waals surface area (Å²) in [5.74, 6) is 0.374. The predicted octanol–water partition coefficient (Wildman–Crippen LogP) is 3.67. The third-order valence-electron chi connectivity index (χ3n) is 3.01. The minimum absolute atomic E-state index is 0.0498. The maximum atomic E-state index is 12.4. The van der Waals surface area contributed by atoms with Gasteiger partial charge < -0.3 is 10.1 Å². The predicted molar refractivity (Wildman–Crippen MR) is 86.2 cm³/mol. The molecule has 0 aromatic heterocycles. The molecule has 1 N–H and O–H groups in total. The summed E-state index contributed by atoms with van der Waals surface area (Å²) < 4.78 is 5.41. The lowest BCUT2D eigenvalue weighted by Crippen LogP contribution is -2.39. The van der Waals surface area contributed by atoms with Crippen LogP contribution in [0.25, 0.3) is 0 Å². The first kappa shape index (κ1) is 15.6. The summed E-state index contributed by atoms with van der Waals surface area (Å²) in [4.78, 5) is 24.5. The molecule has 0 heterocycles. The smallest absolute Gasteiger partial charge is 0.410 e. The zero-order chi connectivity index (χ0) is 15.9. The summed E-state index contributed by atoms with van der Waals surface area (Å²) in [6.45, 7) is 3.83. The summed E-state index contributed by atoms with van der Waals surface area (Å²) in [5.41, 5.74) is 1.33. The Morgan fingerprint density at radius 1 is 1.14 bits per heavy atom. The number of hydrogen-bond donors (Lipinski definition) is 1. The number of carbonyl (C=O) groups is 2. The largest absolute Gasteiger partial charge is 0.419 e. The molecule has 0 fully saturated rings. The Labute approximate surface area is 129 Å². The summed E-state index contributed by atoms with van der Waals surface area (Å²) in [7, 11) is 0. The molecule has 2 amide bonds. The Morgan fingerprint density at radius 2 is 1.86 bits per heavy atom. The van der Waals surface area contributed by atoms with Crippen molar-refractivity contribution in [2.24, 2.45) is 0 Å². The Kier molecular flexibility index (Phi) is 5.14. The molecule has 0 aliphatic rings. The van der Waals surface area contributed by atoms with Crippen molar-refractivity contribution >= 4 is 23.9 Å². The molecule has 114 valence electrons. The highest BCUT2D eigenvalue weighted by molar-refractivity contribution is 5.89. The van der Waals surface area contributed by atoms with Gasteiger partial charge in [0.05, 0.1) is 0 Å². The third kappa shape index (κ3) is 3.85. The number of carbonyl (C=O) groups excluding carboxylic acids is 2. The van der Waals surface area contributed by atoms with Crippen molar-refractivity contribution in [1.82, 2.24) is 0 Å². The monoisotopic (exact) mass is 298 g/mol. The highest BCUT2D eigenvalue weighted by atomic mass is 16.6. The number of anilines is 2. The Morgan fingerprint density at radius 3 is 2.50 bits per heavy atom. The fraction of sp³-hybridized carbons (Fsp3) is 0.176. The zero-order valence-electron chi connectivity index (χ0n) is 12.5. The summed E-state index contributed by atoms with van der Waals surface area (Å²) >= 11 is 0. The van der Waals surface area contributed by atoms with Crippen LogP contribution in [-0.4, -0.2) is 18.5 Å². The van der Waals surface area contributed by atoms with Crippen LogP contribution in [0.2, 0.25) is 0 Å². The van der Waals surface area contributed by atoms with Gasteiger partial charge in [-0.1, -0.05) is 24.3 Å². The summed E-state index contributed by atoms with van der Waals surface area (Å²) in [6, 6.07) is 16.0. The number of para-hydroxylation sites is 1. The van der Waals surface area contributed by atoms with E-state index in [0.717, 1.165) is 5.69 Å². The second-order valence-corrected chi connectivity index (χ2v) is 4.96. The normalized spacial score (nSPS) is 10.1. The maximum Gasteiger partial charge on any atom is 0.419 e. The highest BCUT2D eigenvalue weighted by Gasteiger charge is 2.21. The minimum Gasteiger partial charge on any atom is -0.410 e. The zero-order valence-corrected chi connectivity index (χ0v) is 12.5. The van der Waals surface area contributed by atoms with Gasteiger partial charge in [0.25, 0.3) is 0 Å². The van der Waals surface area contributed by atoms with E-state index in [9.17, 15) is 9.59 Å². The molecule has 0 spiro atoms. The average Bonchev–Trinajstić information content (AvgIpc) is 2.48. The van der Waals surface area contributed by atoms with Crippen molar-refractivity contribution in [3.8, 4) is 5.75 Å². The molecule has 0 unspecified atom stereocenters. The van der Waals surface area contributed by atoms with Crippen LogP contribution in [-0.2, 0) is 4.79 Å². The molecule has 0 aliphatic heterocycles. The Balaban J connectivity index is 2.18. The maximum absolute atomic E-state index is 12.4. The Bertz CT molecular complexity index is 641. The van der Waals surface area contributed by atoms with E-state index in [4.69, 9.17) is 4.74 Å². The third-order valence-corrected chi connectivity index (χ3v) is 3.01. The second-order valence-electron chi connectivity index (χ2n) is 4.96. The van der Waals surface area contributed by atoms with Gasteiger partial charge in [0.1, 0.15) is 5.75 Å². The van der Waals surface area contributed by atoms with Crippen molar-refractivity contribution in [3.63, 3.8) is 0 Å². The second kappa shape index (κ2) is 7.26. The highest BCUT2D eigenvalue weighted by Crippen LogP contribution is 2.21. The first-order chi connectivity index (χ1) is 10.6. The topological polar surface area (TPSA) is 58.6 Å². The van der Waals surface area contributed by atoms with Crippen molar-refractivity contribution < 1.29 is 14.3 Å². The number of benzene rings is 2. The van der Waals surface area contributed by atoms with E-state index >= 15 is 0 Å². The van der Waals surface area contributed by atoms with Gasteiger partial charge in [-0.3, -0.25) is 9.69 Å². The number of rotatable bonds is 5. The SMILES string of the molecule is CC(C)N(C(=O)Oc1cccc(NC=O)c1)c1ccccc1. The molecule has 2 rings (SSSR count). The van der Waals surface area contributed by atoms with E-state index in [0.29, 0.717) is 17.8 Å². The van der Waals surface area contributed by atoms with E-state index in [2.05, 4.69) is 5.32 Å². The van der Waals surface area contributed by atoms with Gasteiger partial charge in [-0.25, -0.2) is 4.79 Å². The molecule has 5 nitrogen and oxygen atoms in total. The van der Waals surface area contributed by atoms with Crippen LogP contribution in [0.4, 0.5) is 16.2 Å². The molecule has 0 saturated heterocycles. The summed E-state index contributed by atoms with van der Waals surface area (Å²) in [6.07, 6.45) is 0.107. The molecule has 0 bridgehead atoms. The van der Waals surface area contributed by atoms with Crippen molar-refractivity contribution in [2.75, 3.05) is 10.2 Å². The lowest BCUT2D eigenvalue weighted by atomic mass is 10.2. The van der Waals surface area contributed by atoms with E-state index in [1.54, 1.807) is 29.2 Å². The first-order valence-corrected chi connectivity index (χ1v) is 6.98. The number of nitrogens with zero attached hydrogens (tertiary/aromatic N) is 1. The van der Waals surface area contributed by atoms with Gasteiger partial charge in [-0.2, -0.15) is 0 Å². The Hall–Kier alpha value is -2.82. The van der Waals surface area contributed by atoms with E-state index in [1.165, 1.54) is 0 Å². The van der Waals surface area contributed by atoms with Crippen LogP contribution in [0.3, 0.4) is 0 Å². The van der Waals surface area contributed by atoms with Gasteiger partial charge in [-0.05, 0) is 38.1 Å². The molecule has 0 saturated carbocycles. The summed E-state index contributed by atoms with van der Waals surface area (Å²) in [5, 5.41) is 2.52. The number of ether oxygens (including phenoxy) is 1. The lowest BCUT2D eigenvalue weighted by Gasteiger charge is -2.25. The number of hydrogen-bond acceptors (Lipinski definition) is 3. The first-order valence-electron chi connectivity index (χ1n) is 6.98. The molecule has 2 aromatic rings. The van der Waals surface area contributed by atoms with Crippen molar-refractivity contribution in [2.45, 2.75) is 19.9 Å². The molecule has 0 radical (unpaired) electrons. The van der Waals surface area contributed by atoms with E-state index < -0.39 is 6.09 Å². The van der Waals surface area contributed by atoms with Crippen LogP contribution < -0.4 is 15.0 Å². The van der Waals surface area contributed by atoms with Crippen LogP contribution >= 0.6 is 0 Å². The van der Waals surface area contributed by atoms with Gasteiger partial charge in [0, 0.05) is 23.5 Å². The molecule has 22 heavy (non-hydrogen) atoms. The number of nitrogens with one attached hydrogen (secondary N) is 1. The van der Waals surface area contributed by atoms with Crippen molar-refractivity contribution in [1.29, 1.82) is 0 Å². The molecular formula is C17H18N2O3. The minimum atomic E-state index is -0.468. The standard InChI is InChI=1S/C17H18N2O3/c1-13(2)19(15-8-4-3-5-9-15)17(21)22-16-10-6-7-14(11-16)18-12-20/h3-13H,1-2H3,(H,18,20). The number of amides is 2. The molecule has 5 heteroatoms. The van der Waals surface area contributed by atoms with Crippen LogP contribution in [0.15, 0.2) is 54.6 Å². The quantitative estimate of drug-likeness (QED) is 0.857. The fourth-order valence-corrected chi connectivity index (χ4v) is 2.07. The molecule has 0 atom stereocenters. The van der Waals surface area contributed by atoms with Crippen LogP contribution in [0, 0.1) is 0 Å². The van der Waals surface area contributed by atoms with E-state index in [-0.39, 0.29) is 6.04 Å². The molecular weight excluding hydrogens is 280 g/mol. The van der Waals surface area contributed by atoms with E-state index in [1.807, 2.05) is 44.2 Å². The van der Waals surface area contributed by atoms with Gasteiger partial charge in [0.2, 0.25) is 6.41 Å². The van der Waals surface area contributed by atoms with Gasteiger partial charge in [0.15, 0.2) is 0 Å². The van der Waals surface area contributed by atoms with Crippen LogP contribution in [0.5, 0.6) is 5.75 Å². The average molecular weight is 298 g/mol. The van der Waals surface area contributed by atoms with Gasteiger partial charge >= 0.3 is 6.09 Å². The fourth-order valence-electron chi connectivity index (χ4n) is 2.07. The lowest BCUT2D eigenvalue weighted by molar-refractivity contribution is -0.105. The van der Waals surface area contributed by atoms with Gasteiger partial charge in [-0.15, -0.1) is 0 Å². The molecule has 0 aliphatic carbocycles. The molecule has 2 aromatic carbocycles. The van der Waals surface area contributed by atoms with Crippen molar-refractivity contribution in [3.05, 3.63) is 54.6 Å². The van der Waals surface area contributed by atoms with Crippen LogP contribution in [0.1, 0.15) is 13.8 Å².